The Morgan fingerprint density at radius 2 is 2.11 bits per heavy atom. The quantitative estimate of drug-likeness (QED) is 0.510. The van der Waals surface area contributed by atoms with Crippen LogP contribution in [0.25, 0.3) is 0 Å². The van der Waals surface area contributed by atoms with Gasteiger partial charge in [0.1, 0.15) is 6.10 Å². The Morgan fingerprint density at radius 3 is 2.74 bits per heavy atom. The summed E-state index contributed by atoms with van der Waals surface area (Å²) in [4.78, 5) is 19.9. The molecule has 1 saturated heterocycles. The molecule has 0 spiro atoms. The molecular weight excluding hydrogens is 273 g/mol. The van der Waals surface area contributed by atoms with Gasteiger partial charge in [0, 0.05) is 11.5 Å². The number of rotatable bonds is 2. The summed E-state index contributed by atoms with van der Waals surface area (Å²) < 4.78 is 21.3. The van der Waals surface area contributed by atoms with Gasteiger partial charge in [-0.05, 0) is 6.07 Å². The lowest BCUT2D eigenvalue weighted by Gasteiger charge is -2.39. The molecule has 104 valence electrons. The second kappa shape index (κ2) is 4.68. The first-order valence-corrected chi connectivity index (χ1v) is 7.11. The Hall–Kier alpha value is -1.27. The normalized spacial score (nSPS) is 29.9. The molecule has 1 aliphatic rings. The summed E-state index contributed by atoms with van der Waals surface area (Å²) in [6, 6.07) is 6.02. The van der Waals surface area contributed by atoms with E-state index in [9.17, 15) is 19.6 Å². The molecule has 1 N–H and O–H groups in total. The molecule has 1 aromatic rings. The molecule has 0 aromatic heterocycles. The maximum Gasteiger partial charge on any atom is 0.472 e. The van der Waals surface area contributed by atoms with E-state index >= 15 is 0 Å². The van der Waals surface area contributed by atoms with Crippen molar-refractivity contribution in [2.24, 2.45) is 5.41 Å². The van der Waals surface area contributed by atoms with E-state index in [2.05, 4.69) is 0 Å². The number of nitro benzene ring substituents is 1. The number of nitrogens with zero attached hydrogens (tertiary/aromatic N) is 1. The fourth-order valence-corrected chi connectivity index (χ4v) is 3.21. The van der Waals surface area contributed by atoms with Crippen molar-refractivity contribution in [1.82, 2.24) is 0 Å². The molecular formula is C11H14NO6P. The van der Waals surface area contributed by atoms with Crippen molar-refractivity contribution in [1.29, 1.82) is 0 Å². The van der Waals surface area contributed by atoms with E-state index in [-0.39, 0.29) is 17.9 Å². The zero-order valence-electron chi connectivity index (χ0n) is 10.5. The summed E-state index contributed by atoms with van der Waals surface area (Å²) in [6.45, 7) is 3.50. The maximum absolute atomic E-state index is 11.5. The first kappa shape index (κ1) is 14.1. The molecule has 1 fully saturated rings. The number of para-hydroxylation sites is 1. The fraction of sp³-hybridized carbons (Fsp3) is 0.455. The molecule has 7 nitrogen and oxygen atoms in total. The van der Waals surface area contributed by atoms with Crippen LogP contribution >= 0.6 is 7.82 Å². The van der Waals surface area contributed by atoms with E-state index in [1.807, 2.05) is 0 Å². The Kier molecular flexibility index (Phi) is 3.49. The Bertz CT molecular complexity index is 558. The van der Waals surface area contributed by atoms with Crippen LogP contribution in [0.3, 0.4) is 0 Å². The smallest absolute Gasteiger partial charge is 0.302 e. The standard InChI is InChI=1S/C11H14NO6P/c1-11(2)7-17-19(15,16)18-10(11)8-5-3-4-6-9(8)12(13)14/h3-6,10H,7H2,1-2H3,(H,15,16)/t10-/m0/s1. The van der Waals surface area contributed by atoms with Gasteiger partial charge < -0.3 is 4.89 Å². The largest absolute Gasteiger partial charge is 0.472 e. The molecule has 0 aliphatic carbocycles. The lowest BCUT2D eigenvalue weighted by atomic mass is 9.83. The topological polar surface area (TPSA) is 98.9 Å². The van der Waals surface area contributed by atoms with E-state index in [0.717, 1.165) is 0 Å². The molecule has 0 amide bonds. The number of hydrogen-bond donors (Lipinski definition) is 1. The van der Waals surface area contributed by atoms with Gasteiger partial charge in [0.05, 0.1) is 17.1 Å². The summed E-state index contributed by atoms with van der Waals surface area (Å²) in [6.07, 6.45) is -0.876. The van der Waals surface area contributed by atoms with Gasteiger partial charge in [-0.15, -0.1) is 0 Å². The van der Waals surface area contributed by atoms with Crippen LogP contribution < -0.4 is 0 Å². The number of nitro groups is 1. The molecule has 1 aromatic carbocycles. The zero-order chi connectivity index (χ0) is 14.3. The van der Waals surface area contributed by atoms with E-state index in [1.165, 1.54) is 18.2 Å². The summed E-state index contributed by atoms with van der Waals surface area (Å²) in [5, 5.41) is 11.0. The van der Waals surface area contributed by atoms with Gasteiger partial charge in [-0.3, -0.25) is 19.2 Å². The number of hydrogen-bond acceptors (Lipinski definition) is 5. The average molecular weight is 287 g/mol. The van der Waals surface area contributed by atoms with Crippen LogP contribution in [0.15, 0.2) is 24.3 Å². The van der Waals surface area contributed by atoms with Crippen molar-refractivity contribution in [3.05, 3.63) is 39.9 Å². The van der Waals surface area contributed by atoms with Crippen LogP contribution in [-0.2, 0) is 13.6 Å². The summed E-state index contributed by atoms with van der Waals surface area (Å²) in [5.74, 6) is 0. The highest BCUT2D eigenvalue weighted by Crippen LogP contribution is 2.58. The average Bonchev–Trinajstić information content (AvgIpc) is 2.33. The van der Waals surface area contributed by atoms with Crippen molar-refractivity contribution in [2.75, 3.05) is 6.61 Å². The predicted octanol–water partition coefficient (Wildman–Crippen LogP) is 2.81. The van der Waals surface area contributed by atoms with Crippen LogP contribution in [0.1, 0.15) is 25.5 Å². The minimum absolute atomic E-state index is 0.0164. The molecule has 8 heteroatoms. The molecule has 2 rings (SSSR count). The molecule has 19 heavy (non-hydrogen) atoms. The lowest BCUT2D eigenvalue weighted by molar-refractivity contribution is -0.386. The number of phosphoric acid groups is 1. The molecule has 1 heterocycles. The van der Waals surface area contributed by atoms with Crippen LogP contribution in [0.2, 0.25) is 0 Å². The molecule has 0 radical (unpaired) electrons. The molecule has 1 unspecified atom stereocenters. The number of benzene rings is 1. The van der Waals surface area contributed by atoms with Gasteiger partial charge >= 0.3 is 7.82 Å². The van der Waals surface area contributed by atoms with E-state index in [0.29, 0.717) is 0 Å². The van der Waals surface area contributed by atoms with Gasteiger partial charge in [-0.1, -0.05) is 26.0 Å². The zero-order valence-corrected chi connectivity index (χ0v) is 11.4. The lowest BCUT2D eigenvalue weighted by Crippen LogP contribution is -2.33. The third-order valence-electron chi connectivity index (χ3n) is 2.96. The first-order valence-electron chi connectivity index (χ1n) is 5.62. The molecule has 0 bridgehead atoms. The van der Waals surface area contributed by atoms with Crippen LogP contribution in [-0.4, -0.2) is 16.4 Å². The second-order valence-corrected chi connectivity index (χ2v) is 6.44. The summed E-state index contributed by atoms with van der Waals surface area (Å²) in [5.41, 5.74) is -0.513. The molecule has 1 aliphatic heterocycles. The highest BCUT2D eigenvalue weighted by Gasteiger charge is 2.46. The van der Waals surface area contributed by atoms with Gasteiger partial charge in [-0.25, -0.2) is 4.57 Å². The van der Waals surface area contributed by atoms with E-state index in [4.69, 9.17) is 9.05 Å². The van der Waals surface area contributed by atoms with Crippen LogP contribution in [0.4, 0.5) is 5.69 Å². The van der Waals surface area contributed by atoms with Crippen molar-refractivity contribution >= 4 is 13.5 Å². The highest BCUT2D eigenvalue weighted by molar-refractivity contribution is 7.47. The van der Waals surface area contributed by atoms with Crippen LogP contribution in [0.5, 0.6) is 0 Å². The summed E-state index contributed by atoms with van der Waals surface area (Å²) in [7, 11) is -4.16. The van der Waals surface area contributed by atoms with E-state index in [1.54, 1.807) is 19.9 Å². The van der Waals surface area contributed by atoms with E-state index < -0.39 is 24.3 Å². The van der Waals surface area contributed by atoms with Gasteiger partial charge in [0.15, 0.2) is 0 Å². The second-order valence-electron chi connectivity index (χ2n) is 5.03. The van der Waals surface area contributed by atoms with Crippen molar-refractivity contribution in [3.63, 3.8) is 0 Å². The van der Waals surface area contributed by atoms with Crippen molar-refractivity contribution < 1.29 is 23.4 Å². The van der Waals surface area contributed by atoms with Crippen molar-refractivity contribution in [3.8, 4) is 0 Å². The Labute approximate surface area is 109 Å². The minimum Gasteiger partial charge on any atom is -0.302 e. The summed E-state index contributed by atoms with van der Waals surface area (Å²) >= 11 is 0. The SMILES string of the molecule is CC1(C)COP(=O)(O)O[C@H]1c1ccccc1[N+](=O)[O-]. The van der Waals surface area contributed by atoms with Crippen LogP contribution in [0, 0.1) is 15.5 Å². The number of phosphoric ester groups is 1. The third-order valence-corrected chi connectivity index (χ3v) is 3.90. The molecule has 2 atom stereocenters. The first-order chi connectivity index (χ1) is 8.73. The minimum atomic E-state index is -4.16. The predicted molar refractivity (Wildman–Crippen MR) is 66.5 cm³/mol. The fourth-order valence-electron chi connectivity index (χ4n) is 1.98. The maximum atomic E-state index is 11.5. The van der Waals surface area contributed by atoms with Gasteiger partial charge in [0.2, 0.25) is 0 Å². The Balaban J connectivity index is 2.49. The third kappa shape index (κ3) is 2.84. The Morgan fingerprint density at radius 1 is 1.47 bits per heavy atom. The highest BCUT2D eigenvalue weighted by atomic mass is 31.2. The van der Waals surface area contributed by atoms with Gasteiger partial charge in [-0.2, -0.15) is 0 Å². The van der Waals surface area contributed by atoms with Gasteiger partial charge in [0.25, 0.3) is 5.69 Å². The van der Waals surface area contributed by atoms with Crippen molar-refractivity contribution in [2.45, 2.75) is 20.0 Å². The monoisotopic (exact) mass is 287 g/mol. The molecule has 0 saturated carbocycles.